The van der Waals surface area contributed by atoms with E-state index in [9.17, 15) is 20.3 Å². The van der Waals surface area contributed by atoms with Crippen molar-refractivity contribution in [2.45, 2.75) is 0 Å². The van der Waals surface area contributed by atoms with Gasteiger partial charge in [0.1, 0.15) is 0 Å². The standard InChI is InChI=1S/C15H9N3O4S/c19-12-6-8(5-11(14(12)20)18(21)22)9-7-17-10-3-1-2-4-13(10)23-15(17)16-9/h1-7,19-20H. The third kappa shape index (κ3) is 2.00. The van der Waals surface area contributed by atoms with Crippen LogP contribution in [-0.2, 0) is 0 Å². The zero-order chi connectivity index (χ0) is 16.1. The van der Waals surface area contributed by atoms with Crippen LogP contribution < -0.4 is 0 Å². The molecule has 2 N–H and O–H groups in total. The number of nitro benzene ring substituents is 1. The van der Waals surface area contributed by atoms with Crippen LogP contribution in [0, 0.1) is 10.1 Å². The van der Waals surface area contributed by atoms with E-state index in [4.69, 9.17) is 0 Å². The van der Waals surface area contributed by atoms with Gasteiger partial charge >= 0.3 is 5.69 Å². The number of rotatable bonds is 2. The molecule has 2 aromatic carbocycles. The number of para-hydroxylation sites is 1. The molecular formula is C15H9N3O4S. The molecule has 2 heterocycles. The molecule has 114 valence electrons. The number of thiazole rings is 1. The van der Waals surface area contributed by atoms with Gasteiger partial charge in [-0.15, -0.1) is 0 Å². The number of aromatic nitrogens is 2. The number of fused-ring (bicyclic) bond motifs is 3. The highest BCUT2D eigenvalue weighted by atomic mass is 32.1. The molecule has 0 spiro atoms. The fourth-order valence-electron chi connectivity index (χ4n) is 2.48. The summed E-state index contributed by atoms with van der Waals surface area (Å²) in [6.07, 6.45) is 1.75. The lowest BCUT2D eigenvalue weighted by atomic mass is 10.1. The Morgan fingerprint density at radius 1 is 1.22 bits per heavy atom. The Labute approximate surface area is 132 Å². The fourth-order valence-corrected chi connectivity index (χ4v) is 3.49. The van der Waals surface area contributed by atoms with Crippen molar-refractivity contribution in [3.63, 3.8) is 0 Å². The molecule has 23 heavy (non-hydrogen) atoms. The molecule has 0 fully saturated rings. The Kier molecular flexibility index (Phi) is 2.75. The Balaban J connectivity index is 1.94. The van der Waals surface area contributed by atoms with E-state index < -0.39 is 22.1 Å². The number of hydrogen-bond donors (Lipinski definition) is 2. The highest BCUT2D eigenvalue weighted by molar-refractivity contribution is 7.23. The Morgan fingerprint density at radius 3 is 2.78 bits per heavy atom. The normalized spacial score (nSPS) is 11.3. The monoisotopic (exact) mass is 327 g/mol. The summed E-state index contributed by atoms with van der Waals surface area (Å²) in [6.45, 7) is 0. The largest absolute Gasteiger partial charge is 0.504 e. The van der Waals surface area contributed by atoms with Crippen LogP contribution in [-0.4, -0.2) is 24.5 Å². The smallest absolute Gasteiger partial charge is 0.315 e. The molecule has 8 heteroatoms. The number of phenols is 2. The van der Waals surface area contributed by atoms with Gasteiger partial charge in [0.25, 0.3) is 0 Å². The molecule has 7 nitrogen and oxygen atoms in total. The van der Waals surface area contributed by atoms with Gasteiger partial charge in [0.15, 0.2) is 10.7 Å². The van der Waals surface area contributed by atoms with E-state index in [-0.39, 0.29) is 0 Å². The first-order valence-corrected chi connectivity index (χ1v) is 7.43. The van der Waals surface area contributed by atoms with Crippen molar-refractivity contribution in [1.29, 1.82) is 0 Å². The number of nitrogens with zero attached hydrogens (tertiary/aromatic N) is 3. The summed E-state index contributed by atoms with van der Waals surface area (Å²) in [7, 11) is 0. The number of benzene rings is 2. The lowest BCUT2D eigenvalue weighted by Crippen LogP contribution is -1.90. The summed E-state index contributed by atoms with van der Waals surface area (Å²) in [5.41, 5.74) is 1.29. The van der Waals surface area contributed by atoms with Gasteiger partial charge < -0.3 is 10.2 Å². The third-order valence-corrected chi connectivity index (χ3v) is 4.60. The van der Waals surface area contributed by atoms with Crippen LogP contribution in [0.4, 0.5) is 5.69 Å². The van der Waals surface area contributed by atoms with Crippen LogP contribution in [0.25, 0.3) is 26.4 Å². The molecule has 0 aliphatic heterocycles. The van der Waals surface area contributed by atoms with E-state index in [2.05, 4.69) is 4.98 Å². The maximum absolute atomic E-state index is 11.0. The van der Waals surface area contributed by atoms with Gasteiger partial charge in [-0.05, 0) is 18.2 Å². The van der Waals surface area contributed by atoms with E-state index in [0.29, 0.717) is 11.3 Å². The average Bonchev–Trinajstić information content (AvgIpc) is 3.07. The van der Waals surface area contributed by atoms with E-state index in [0.717, 1.165) is 15.2 Å². The third-order valence-electron chi connectivity index (χ3n) is 3.56. The van der Waals surface area contributed by atoms with E-state index in [1.54, 1.807) is 6.20 Å². The minimum Gasteiger partial charge on any atom is -0.504 e. The first kappa shape index (κ1) is 13.5. The SMILES string of the molecule is O=[N+]([O-])c1cc(-c2cn3c(n2)sc2ccccc23)cc(O)c1O. The van der Waals surface area contributed by atoms with Crippen LogP contribution in [0.15, 0.2) is 42.6 Å². The van der Waals surface area contributed by atoms with Gasteiger partial charge in [0.05, 0.1) is 20.8 Å². The van der Waals surface area contributed by atoms with Crippen LogP contribution in [0.1, 0.15) is 0 Å². The van der Waals surface area contributed by atoms with Crippen molar-refractivity contribution >= 4 is 32.2 Å². The summed E-state index contributed by atoms with van der Waals surface area (Å²) >= 11 is 1.50. The Bertz CT molecular complexity index is 1080. The first-order chi connectivity index (χ1) is 11.0. The number of hydrogen-bond acceptors (Lipinski definition) is 6. The molecule has 0 radical (unpaired) electrons. The molecule has 0 aliphatic rings. The molecule has 0 atom stereocenters. The highest BCUT2D eigenvalue weighted by Gasteiger charge is 2.21. The lowest BCUT2D eigenvalue weighted by Gasteiger charge is -2.02. The van der Waals surface area contributed by atoms with Crippen molar-refractivity contribution in [3.05, 3.63) is 52.7 Å². The Hall–Kier alpha value is -3.13. The van der Waals surface area contributed by atoms with Crippen molar-refractivity contribution in [2.24, 2.45) is 0 Å². The van der Waals surface area contributed by atoms with E-state index >= 15 is 0 Å². The topological polar surface area (TPSA) is 101 Å². The van der Waals surface area contributed by atoms with Gasteiger partial charge in [-0.3, -0.25) is 14.5 Å². The van der Waals surface area contributed by atoms with Gasteiger partial charge in [-0.1, -0.05) is 23.5 Å². The molecule has 0 aliphatic carbocycles. The summed E-state index contributed by atoms with van der Waals surface area (Å²) < 4.78 is 2.98. The van der Waals surface area contributed by atoms with Crippen LogP contribution in [0.3, 0.4) is 0 Å². The Morgan fingerprint density at radius 2 is 2.00 bits per heavy atom. The number of nitro groups is 1. The summed E-state index contributed by atoms with van der Waals surface area (Å²) in [6, 6.07) is 10.3. The van der Waals surface area contributed by atoms with Crippen LogP contribution >= 0.6 is 11.3 Å². The predicted molar refractivity (Wildman–Crippen MR) is 86.0 cm³/mol. The van der Waals surface area contributed by atoms with Gasteiger partial charge in [0.2, 0.25) is 5.75 Å². The summed E-state index contributed by atoms with van der Waals surface area (Å²) in [5.74, 6) is -1.29. The maximum atomic E-state index is 11.0. The highest BCUT2D eigenvalue weighted by Crippen LogP contribution is 2.39. The van der Waals surface area contributed by atoms with Crippen molar-refractivity contribution in [3.8, 4) is 22.8 Å². The fraction of sp³-hybridized carbons (Fsp3) is 0. The zero-order valence-corrected chi connectivity index (χ0v) is 12.3. The molecule has 4 aromatic rings. The van der Waals surface area contributed by atoms with Gasteiger partial charge in [0, 0.05) is 17.8 Å². The van der Waals surface area contributed by atoms with E-state index in [1.807, 2.05) is 28.7 Å². The van der Waals surface area contributed by atoms with E-state index in [1.165, 1.54) is 23.5 Å². The molecule has 0 amide bonds. The maximum Gasteiger partial charge on any atom is 0.315 e. The summed E-state index contributed by atoms with van der Waals surface area (Å²) in [5, 5.41) is 30.2. The van der Waals surface area contributed by atoms with Gasteiger partial charge in [-0.25, -0.2) is 4.98 Å². The first-order valence-electron chi connectivity index (χ1n) is 6.62. The number of phenolic OH excluding ortho intramolecular Hbond substituents is 2. The molecule has 2 aromatic heterocycles. The molecule has 4 rings (SSSR count). The van der Waals surface area contributed by atoms with Crippen LogP contribution in [0.5, 0.6) is 11.5 Å². The summed E-state index contributed by atoms with van der Waals surface area (Å²) in [4.78, 5) is 15.4. The molecular weight excluding hydrogens is 318 g/mol. The van der Waals surface area contributed by atoms with Crippen LogP contribution in [0.2, 0.25) is 0 Å². The quantitative estimate of drug-likeness (QED) is 0.333. The van der Waals surface area contributed by atoms with Gasteiger partial charge in [-0.2, -0.15) is 0 Å². The second-order valence-corrected chi connectivity index (χ2v) is 5.98. The second kappa shape index (κ2) is 4.68. The van der Waals surface area contributed by atoms with Crippen molar-refractivity contribution < 1.29 is 15.1 Å². The number of imidazole rings is 1. The second-order valence-electron chi connectivity index (χ2n) is 4.97. The minimum absolute atomic E-state index is 0.368. The zero-order valence-electron chi connectivity index (χ0n) is 11.5. The lowest BCUT2D eigenvalue weighted by molar-refractivity contribution is -0.385. The van der Waals surface area contributed by atoms with Crippen molar-refractivity contribution in [2.75, 3.05) is 0 Å². The number of aromatic hydroxyl groups is 2. The minimum atomic E-state index is -0.745. The van der Waals surface area contributed by atoms with Crippen molar-refractivity contribution in [1.82, 2.24) is 9.38 Å². The predicted octanol–water partition coefficient (Wildman–Crippen LogP) is 3.54. The molecule has 0 saturated carbocycles. The molecule has 0 unspecified atom stereocenters. The molecule has 0 bridgehead atoms. The molecule has 0 saturated heterocycles. The average molecular weight is 327 g/mol.